The Morgan fingerprint density at radius 2 is 1.28 bits per heavy atom. The van der Waals surface area contributed by atoms with E-state index in [1.54, 1.807) is 72.6 Å². The molecule has 328 valence electrons. The number of piperidine rings is 1. The summed E-state index contributed by atoms with van der Waals surface area (Å²) >= 11 is 0. The Morgan fingerprint density at radius 1 is 0.703 bits per heavy atom. The highest BCUT2D eigenvalue weighted by Crippen LogP contribution is 2.38. The molecule has 0 bridgehead atoms. The normalized spacial score (nSPS) is 12.8. The van der Waals surface area contributed by atoms with Crippen LogP contribution >= 0.6 is 0 Å². The summed E-state index contributed by atoms with van der Waals surface area (Å²) in [7, 11) is 1.74. The predicted octanol–water partition coefficient (Wildman–Crippen LogP) is 8.78. The van der Waals surface area contributed by atoms with Crippen LogP contribution in [-0.2, 0) is 16.0 Å². The number of anilines is 3. The average molecular weight is 861 g/mol. The number of phenols is 1. The van der Waals surface area contributed by atoms with E-state index in [-0.39, 0.29) is 29.8 Å². The number of para-hydroxylation sites is 2. The first-order valence-electron chi connectivity index (χ1n) is 21.3. The van der Waals surface area contributed by atoms with Crippen molar-refractivity contribution in [3.8, 4) is 28.0 Å². The molecule has 1 fully saturated rings. The third-order valence-corrected chi connectivity index (χ3v) is 11.1. The number of ether oxygens (including phenoxy) is 1. The Hall–Kier alpha value is -7.48. The first-order valence-corrected chi connectivity index (χ1v) is 21.3. The lowest BCUT2D eigenvalue weighted by Crippen LogP contribution is -2.52. The average Bonchev–Trinajstić information content (AvgIpc) is 3.32. The van der Waals surface area contributed by atoms with Crippen LogP contribution in [0.1, 0.15) is 28.8 Å². The highest BCUT2D eigenvalue weighted by molar-refractivity contribution is 6.06. The first-order chi connectivity index (χ1) is 31.1. The molecule has 6 aromatic rings. The molecule has 0 spiro atoms. The van der Waals surface area contributed by atoms with Crippen LogP contribution in [0.25, 0.3) is 22.3 Å². The monoisotopic (exact) mass is 860 g/mol. The number of likely N-dealkylation sites (N-methyl/N-ethyl adjacent to an activating group) is 1. The fraction of sp³-hybridized carbons (Fsp3) is 0.216. The highest BCUT2D eigenvalue weighted by atomic mass is 16.6. The van der Waals surface area contributed by atoms with Crippen LogP contribution in [0.4, 0.5) is 26.7 Å². The Kier molecular flexibility index (Phi) is 15.0. The van der Waals surface area contributed by atoms with Gasteiger partial charge in [0.1, 0.15) is 11.9 Å². The number of hydrazine groups is 1. The van der Waals surface area contributed by atoms with Crippen LogP contribution < -0.4 is 20.7 Å². The van der Waals surface area contributed by atoms with Crippen molar-refractivity contribution in [1.82, 2.24) is 15.1 Å². The predicted molar refractivity (Wildman–Crippen MR) is 249 cm³/mol. The quantitative estimate of drug-likeness (QED) is 0.0586. The SMILES string of the molecule is CN(CCN1CCC(OC(=O)N(c2ccccc2-c2ccccc2)N(C(=O)O)c2ccccc2-c2ccccc2)CC1)C(=O)c1cccc(NC(=O)CNCCc2ccc(O)cc2)c1. The van der Waals surface area contributed by atoms with E-state index in [1.165, 1.54) is 0 Å². The molecule has 1 heterocycles. The number of rotatable bonds is 15. The number of nitrogens with one attached hydrogen (secondary N) is 2. The van der Waals surface area contributed by atoms with E-state index in [0.717, 1.165) is 26.7 Å². The summed E-state index contributed by atoms with van der Waals surface area (Å²) in [5.41, 5.74) is 5.52. The first kappa shape index (κ1) is 44.6. The smallest absolute Gasteiger partial charge is 0.434 e. The van der Waals surface area contributed by atoms with Gasteiger partial charge in [0.25, 0.3) is 5.91 Å². The zero-order valence-electron chi connectivity index (χ0n) is 35.7. The van der Waals surface area contributed by atoms with Crippen molar-refractivity contribution in [3.63, 3.8) is 0 Å². The third-order valence-electron chi connectivity index (χ3n) is 11.1. The summed E-state index contributed by atoms with van der Waals surface area (Å²) in [4.78, 5) is 57.9. The van der Waals surface area contributed by atoms with E-state index in [9.17, 15) is 29.4 Å². The molecule has 0 aromatic heterocycles. The third kappa shape index (κ3) is 11.5. The fourth-order valence-electron chi connectivity index (χ4n) is 7.71. The van der Waals surface area contributed by atoms with Gasteiger partial charge in [0, 0.05) is 55.6 Å². The van der Waals surface area contributed by atoms with Gasteiger partial charge < -0.3 is 35.4 Å². The maximum Gasteiger partial charge on any atom is 0.434 e. The number of aromatic hydroxyl groups is 1. The zero-order chi connectivity index (χ0) is 44.8. The van der Waals surface area contributed by atoms with E-state index in [1.807, 2.05) is 97.1 Å². The maximum atomic E-state index is 14.6. The van der Waals surface area contributed by atoms with Crippen molar-refractivity contribution in [1.29, 1.82) is 0 Å². The summed E-state index contributed by atoms with van der Waals surface area (Å²) in [6.07, 6.45) is -0.935. The molecule has 1 saturated heterocycles. The van der Waals surface area contributed by atoms with Gasteiger partial charge in [-0.05, 0) is 85.0 Å². The molecule has 1 aliphatic heterocycles. The van der Waals surface area contributed by atoms with E-state index >= 15 is 0 Å². The number of nitrogens with zero attached hydrogens (tertiary/aromatic N) is 4. The van der Waals surface area contributed by atoms with Crippen molar-refractivity contribution >= 4 is 41.1 Å². The van der Waals surface area contributed by atoms with Gasteiger partial charge >= 0.3 is 12.2 Å². The fourth-order valence-corrected chi connectivity index (χ4v) is 7.71. The van der Waals surface area contributed by atoms with Crippen molar-refractivity contribution in [3.05, 3.63) is 169 Å². The number of amides is 4. The number of benzene rings is 6. The minimum Gasteiger partial charge on any atom is -0.508 e. The van der Waals surface area contributed by atoms with Gasteiger partial charge in [-0.2, -0.15) is 10.0 Å². The molecule has 7 rings (SSSR count). The van der Waals surface area contributed by atoms with E-state index in [4.69, 9.17) is 4.74 Å². The minimum atomic E-state index is -1.36. The van der Waals surface area contributed by atoms with Crippen molar-refractivity contribution in [2.45, 2.75) is 25.4 Å². The maximum absolute atomic E-state index is 14.6. The lowest BCUT2D eigenvalue weighted by Gasteiger charge is -2.37. The largest absolute Gasteiger partial charge is 0.508 e. The number of hydrogen-bond acceptors (Lipinski definition) is 8. The van der Waals surface area contributed by atoms with Gasteiger partial charge in [0.2, 0.25) is 5.91 Å². The minimum absolute atomic E-state index is 0.108. The van der Waals surface area contributed by atoms with Gasteiger partial charge in [0.05, 0.1) is 17.9 Å². The van der Waals surface area contributed by atoms with E-state index in [0.29, 0.717) is 80.1 Å². The Morgan fingerprint density at radius 3 is 1.89 bits per heavy atom. The lowest BCUT2D eigenvalue weighted by atomic mass is 10.0. The summed E-state index contributed by atoms with van der Waals surface area (Å²) in [6.45, 7) is 2.94. The van der Waals surface area contributed by atoms with Gasteiger partial charge in [-0.25, -0.2) is 9.59 Å². The topological polar surface area (TPSA) is 155 Å². The van der Waals surface area contributed by atoms with E-state index in [2.05, 4.69) is 15.5 Å². The molecule has 13 heteroatoms. The summed E-state index contributed by atoms with van der Waals surface area (Å²) in [5, 5.41) is 28.5. The highest BCUT2D eigenvalue weighted by Gasteiger charge is 2.36. The molecule has 4 N–H and O–H groups in total. The number of phenolic OH excluding ortho intramolecular Hbond substituents is 1. The number of likely N-dealkylation sites (tertiary alicyclic amines) is 1. The van der Waals surface area contributed by atoms with Crippen LogP contribution in [-0.4, -0.2) is 96.4 Å². The molecule has 0 aliphatic carbocycles. The van der Waals surface area contributed by atoms with Crippen LogP contribution in [0.15, 0.2) is 158 Å². The number of hydrogen-bond donors (Lipinski definition) is 4. The summed E-state index contributed by atoms with van der Waals surface area (Å²) < 4.78 is 6.20. The second-order valence-corrected chi connectivity index (χ2v) is 15.5. The molecule has 4 amide bonds. The van der Waals surface area contributed by atoms with Crippen molar-refractivity contribution < 1.29 is 34.1 Å². The van der Waals surface area contributed by atoms with Crippen LogP contribution in [0, 0.1) is 0 Å². The van der Waals surface area contributed by atoms with Gasteiger partial charge in [-0.1, -0.05) is 115 Å². The molecule has 0 unspecified atom stereocenters. The molecule has 0 atom stereocenters. The number of carbonyl (C=O) groups is 4. The van der Waals surface area contributed by atoms with Crippen LogP contribution in [0.2, 0.25) is 0 Å². The van der Waals surface area contributed by atoms with Crippen molar-refractivity contribution in [2.75, 3.05) is 61.7 Å². The molecule has 1 aliphatic rings. The van der Waals surface area contributed by atoms with Gasteiger partial charge in [0.15, 0.2) is 0 Å². The lowest BCUT2D eigenvalue weighted by molar-refractivity contribution is -0.115. The summed E-state index contributed by atoms with van der Waals surface area (Å²) in [5.74, 6) is -0.197. The molecule has 0 saturated carbocycles. The Balaban J connectivity index is 0.966. The molecular formula is C51H52N6O7. The second-order valence-electron chi connectivity index (χ2n) is 15.5. The van der Waals surface area contributed by atoms with Crippen LogP contribution in [0.5, 0.6) is 5.75 Å². The number of carboxylic acid groups (broad SMARTS) is 1. The molecule has 0 radical (unpaired) electrons. The Labute approximate surface area is 373 Å². The molecular weight excluding hydrogens is 809 g/mol. The summed E-state index contributed by atoms with van der Waals surface area (Å²) in [6, 6.07) is 47.0. The van der Waals surface area contributed by atoms with Gasteiger partial charge in [-0.3, -0.25) is 9.59 Å². The van der Waals surface area contributed by atoms with Gasteiger partial charge in [-0.15, -0.1) is 0 Å². The van der Waals surface area contributed by atoms with E-state index < -0.39 is 18.3 Å². The molecule has 64 heavy (non-hydrogen) atoms. The number of carbonyl (C=O) groups excluding carboxylic acids is 3. The molecule has 13 nitrogen and oxygen atoms in total. The second kappa shape index (κ2) is 21.5. The zero-order valence-corrected chi connectivity index (χ0v) is 35.7. The van der Waals surface area contributed by atoms with Crippen LogP contribution in [0.3, 0.4) is 0 Å². The Bertz CT molecular complexity index is 2510. The molecule has 6 aromatic carbocycles. The standard InChI is InChI=1S/C51H52N6O7/c1-54(49(60)40-17-12-18-41(35-40)53-48(59)36-52-30-27-37-23-25-42(58)26-24-37)33-34-55-31-28-43(29-32-55)64-51(63)57(47-22-11-9-20-45(47)39-15-6-3-7-16-39)56(50(61)62)46-21-10-8-19-44(46)38-13-4-2-5-14-38/h2-26,35,43,52,58H,27-34,36H2,1H3,(H,53,59)(H,61,62). The van der Waals surface area contributed by atoms with Crippen molar-refractivity contribution in [2.24, 2.45) is 0 Å².